The molecule has 24 heavy (non-hydrogen) atoms. The van der Waals surface area contributed by atoms with E-state index in [0.717, 1.165) is 5.56 Å². The maximum absolute atomic E-state index is 12.8. The van der Waals surface area contributed by atoms with Crippen LogP contribution in [0, 0.1) is 0 Å². The Hall–Kier alpha value is -2.79. The van der Waals surface area contributed by atoms with Gasteiger partial charge in [0, 0.05) is 0 Å². The zero-order valence-electron chi connectivity index (χ0n) is 12.8. The molecule has 122 valence electrons. The lowest BCUT2D eigenvalue weighted by atomic mass is 10.2. The topological polar surface area (TPSA) is 63.6 Å². The summed E-state index contributed by atoms with van der Waals surface area (Å²) >= 11 is 0. The molecule has 0 unspecified atom stereocenters. The van der Waals surface area contributed by atoms with Crippen LogP contribution < -0.4 is 4.74 Å². The van der Waals surface area contributed by atoms with E-state index >= 15 is 0 Å². The first kappa shape index (κ1) is 16.1. The van der Waals surface area contributed by atoms with E-state index < -0.39 is 9.84 Å². The summed E-state index contributed by atoms with van der Waals surface area (Å²) < 4.78 is 31.4. The van der Waals surface area contributed by atoms with Gasteiger partial charge < -0.3 is 9.84 Å². The molecule has 0 atom stereocenters. The van der Waals surface area contributed by atoms with E-state index in [9.17, 15) is 13.5 Å². The Kier molecular flexibility index (Phi) is 4.53. The van der Waals surface area contributed by atoms with Gasteiger partial charge in [-0.1, -0.05) is 42.5 Å². The van der Waals surface area contributed by atoms with Crippen LogP contribution in [0.3, 0.4) is 0 Å². The second kappa shape index (κ2) is 6.76. The fraction of sp³-hybridized carbons (Fsp3) is 0.0526. The van der Waals surface area contributed by atoms with E-state index in [1.54, 1.807) is 18.2 Å². The normalized spacial score (nSPS) is 11.2. The Morgan fingerprint density at radius 1 is 0.792 bits per heavy atom. The number of hydrogen-bond acceptors (Lipinski definition) is 4. The highest BCUT2D eigenvalue weighted by molar-refractivity contribution is 7.91. The molecule has 0 spiro atoms. The van der Waals surface area contributed by atoms with Crippen molar-refractivity contribution in [3.8, 4) is 11.5 Å². The van der Waals surface area contributed by atoms with Crippen molar-refractivity contribution in [2.75, 3.05) is 0 Å². The third-order valence-corrected chi connectivity index (χ3v) is 5.33. The lowest BCUT2D eigenvalue weighted by Crippen LogP contribution is -2.05. The number of phenolic OH excluding ortho intramolecular Hbond substituents is 1. The van der Waals surface area contributed by atoms with Crippen LogP contribution in [-0.2, 0) is 16.4 Å². The number of ether oxygens (including phenoxy) is 1. The summed E-state index contributed by atoms with van der Waals surface area (Å²) in [4.78, 5) is 0.211. The van der Waals surface area contributed by atoms with Gasteiger partial charge in [-0.15, -0.1) is 0 Å². The van der Waals surface area contributed by atoms with Crippen molar-refractivity contribution in [1.29, 1.82) is 0 Å². The lowest BCUT2D eigenvalue weighted by Gasteiger charge is -2.12. The summed E-state index contributed by atoms with van der Waals surface area (Å²) in [5, 5.41) is 9.34. The van der Waals surface area contributed by atoms with Gasteiger partial charge in [0.2, 0.25) is 9.84 Å². The number of hydrogen-bond donors (Lipinski definition) is 1. The fourth-order valence-electron chi connectivity index (χ4n) is 2.28. The molecule has 0 aliphatic carbocycles. The van der Waals surface area contributed by atoms with Gasteiger partial charge in [0.05, 0.1) is 4.90 Å². The number of rotatable bonds is 5. The second-order valence-electron chi connectivity index (χ2n) is 5.22. The fourth-order valence-corrected chi connectivity index (χ4v) is 3.68. The highest BCUT2D eigenvalue weighted by atomic mass is 32.2. The maximum Gasteiger partial charge on any atom is 0.210 e. The van der Waals surface area contributed by atoms with E-state index in [4.69, 9.17) is 4.74 Å². The summed E-state index contributed by atoms with van der Waals surface area (Å²) in [6.07, 6.45) is 0. The van der Waals surface area contributed by atoms with Gasteiger partial charge >= 0.3 is 0 Å². The minimum absolute atomic E-state index is 0.0163. The third-order valence-electron chi connectivity index (χ3n) is 3.52. The lowest BCUT2D eigenvalue weighted by molar-refractivity contribution is 0.298. The summed E-state index contributed by atoms with van der Waals surface area (Å²) in [6, 6.07) is 21.5. The van der Waals surface area contributed by atoms with Gasteiger partial charge in [-0.3, -0.25) is 0 Å². The smallest absolute Gasteiger partial charge is 0.210 e. The summed E-state index contributed by atoms with van der Waals surface area (Å²) in [7, 11) is -3.73. The second-order valence-corrected chi connectivity index (χ2v) is 7.14. The molecule has 3 aromatic carbocycles. The Morgan fingerprint density at radius 3 is 2.12 bits per heavy atom. The van der Waals surface area contributed by atoms with Crippen LogP contribution in [0.4, 0.5) is 0 Å². The van der Waals surface area contributed by atoms with Crippen molar-refractivity contribution in [2.24, 2.45) is 0 Å². The number of phenols is 1. The van der Waals surface area contributed by atoms with Crippen molar-refractivity contribution in [2.45, 2.75) is 16.4 Å². The molecule has 5 heteroatoms. The Bertz CT molecular complexity index is 917. The van der Waals surface area contributed by atoms with Crippen LogP contribution in [0.5, 0.6) is 11.5 Å². The number of aromatic hydroxyl groups is 1. The molecule has 0 saturated heterocycles. The van der Waals surface area contributed by atoms with Crippen LogP contribution in [0.1, 0.15) is 5.56 Å². The van der Waals surface area contributed by atoms with Crippen LogP contribution in [0.2, 0.25) is 0 Å². The predicted octanol–water partition coefficient (Wildman–Crippen LogP) is 3.80. The van der Waals surface area contributed by atoms with Crippen molar-refractivity contribution >= 4 is 9.84 Å². The van der Waals surface area contributed by atoms with Crippen molar-refractivity contribution in [3.05, 3.63) is 84.4 Å². The first-order valence-corrected chi connectivity index (χ1v) is 8.85. The van der Waals surface area contributed by atoms with Crippen LogP contribution in [0.25, 0.3) is 0 Å². The van der Waals surface area contributed by atoms with E-state index in [2.05, 4.69) is 0 Å². The molecular weight excluding hydrogens is 324 g/mol. The average molecular weight is 340 g/mol. The molecule has 0 aliphatic rings. The average Bonchev–Trinajstić information content (AvgIpc) is 2.61. The van der Waals surface area contributed by atoms with E-state index in [-0.39, 0.29) is 22.1 Å². The number of sulfone groups is 1. The predicted molar refractivity (Wildman–Crippen MR) is 90.8 cm³/mol. The molecule has 0 aliphatic heterocycles. The van der Waals surface area contributed by atoms with E-state index in [1.165, 1.54) is 30.3 Å². The Morgan fingerprint density at radius 2 is 1.42 bits per heavy atom. The Labute approximate surface area is 140 Å². The maximum atomic E-state index is 12.8. The van der Waals surface area contributed by atoms with Gasteiger partial charge in [0.1, 0.15) is 23.0 Å². The molecule has 0 heterocycles. The van der Waals surface area contributed by atoms with Crippen molar-refractivity contribution < 1.29 is 18.3 Å². The molecule has 4 nitrogen and oxygen atoms in total. The van der Waals surface area contributed by atoms with E-state index in [0.29, 0.717) is 5.75 Å². The summed E-state index contributed by atoms with van der Waals surface area (Å²) in [5.41, 5.74) is 0.953. The highest BCUT2D eigenvalue weighted by Gasteiger charge is 2.22. The van der Waals surface area contributed by atoms with E-state index in [1.807, 2.05) is 30.3 Å². The molecule has 3 rings (SSSR count). The van der Waals surface area contributed by atoms with Gasteiger partial charge in [-0.2, -0.15) is 0 Å². The molecular formula is C19H16O4S. The highest BCUT2D eigenvalue weighted by Crippen LogP contribution is 2.30. The molecule has 0 radical (unpaired) electrons. The molecule has 0 aromatic heterocycles. The first-order chi connectivity index (χ1) is 11.6. The standard InChI is InChI=1S/C19H16O4S/c20-16-10-12-17(13-11-16)24(21,22)19-9-5-4-8-18(19)23-14-15-6-2-1-3-7-15/h1-13,20H,14H2. The minimum Gasteiger partial charge on any atom is -0.508 e. The molecule has 0 fully saturated rings. The Balaban J connectivity index is 1.92. The third kappa shape index (κ3) is 3.41. The largest absolute Gasteiger partial charge is 0.508 e. The van der Waals surface area contributed by atoms with Gasteiger partial charge in [-0.25, -0.2) is 8.42 Å². The number of benzene rings is 3. The molecule has 0 bridgehead atoms. The molecule has 0 amide bonds. The quantitative estimate of drug-likeness (QED) is 0.767. The summed E-state index contributed by atoms with van der Waals surface area (Å²) in [5.74, 6) is 0.317. The molecule has 1 N–H and O–H groups in total. The number of para-hydroxylation sites is 1. The van der Waals surface area contributed by atoms with Gasteiger partial charge in [0.15, 0.2) is 0 Å². The SMILES string of the molecule is O=S(=O)(c1ccc(O)cc1)c1ccccc1OCc1ccccc1. The monoisotopic (exact) mass is 340 g/mol. The van der Waals surface area contributed by atoms with Gasteiger partial charge in [-0.05, 0) is 42.0 Å². The molecule has 3 aromatic rings. The van der Waals surface area contributed by atoms with Crippen LogP contribution in [-0.4, -0.2) is 13.5 Å². The zero-order valence-corrected chi connectivity index (χ0v) is 13.6. The van der Waals surface area contributed by atoms with Crippen molar-refractivity contribution in [1.82, 2.24) is 0 Å². The first-order valence-electron chi connectivity index (χ1n) is 7.37. The van der Waals surface area contributed by atoms with Crippen LogP contribution in [0.15, 0.2) is 88.7 Å². The minimum atomic E-state index is -3.73. The van der Waals surface area contributed by atoms with Crippen LogP contribution >= 0.6 is 0 Å². The van der Waals surface area contributed by atoms with Gasteiger partial charge in [0.25, 0.3) is 0 Å². The molecule has 0 saturated carbocycles. The van der Waals surface area contributed by atoms with Crippen molar-refractivity contribution in [3.63, 3.8) is 0 Å². The summed E-state index contributed by atoms with van der Waals surface area (Å²) in [6.45, 7) is 0.281. The zero-order chi connectivity index (χ0) is 17.0.